The number of morpholine rings is 1. The van der Waals surface area contributed by atoms with Crippen LogP contribution in [0, 0.1) is 27.3 Å². The van der Waals surface area contributed by atoms with Crippen molar-refractivity contribution < 1.29 is 37.1 Å². The van der Waals surface area contributed by atoms with E-state index in [9.17, 15) is 28.4 Å². The van der Waals surface area contributed by atoms with Crippen LogP contribution in [-0.4, -0.2) is 123 Å². The Kier molecular flexibility index (Phi) is 13.6. The number of piperidine rings is 1. The van der Waals surface area contributed by atoms with Crippen molar-refractivity contribution in [3.63, 3.8) is 0 Å². The molecule has 2 aromatic heterocycles. The Bertz CT molecular complexity index is 3030. The first-order valence-corrected chi connectivity index (χ1v) is 28.0. The van der Waals surface area contributed by atoms with Gasteiger partial charge in [-0.25, -0.2) is 22.5 Å². The summed E-state index contributed by atoms with van der Waals surface area (Å²) in [6, 6.07) is 20.0. The Labute approximate surface area is 432 Å². The molecule has 3 aromatic carbocycles. The summed E-state index contributed by atoms with van der Waals surface area (Å²) in [5.74, 6) is -0.209. The zero-order valence-electron chi connectivity index (χ0n) is 42.5. The van der Waals surface area contributed by atoms with Gasteiger partial charge in [0.1, 0.15) is 17.2 Å². The number of hydrogen-bond donors (Lipinski definition) is 4. The summed E-state index contributed by atoms with van der Waals surface area (Å²) in [5, 5.41) is 26.2. The highest BCUT2D eigenvalue weighted by Gasteiger charge is 2.50. The number of carbonyl (C=O) groups excluding carboxylic acids is 1. The van der Waals surface area contributed by atoms with Crippen LogP contribution in [0.2, 0.25) is 0 Å². The largest absolute Gasteiger partial charge is 0.390 e. The highest BCUT2D eigenvalue weighted by atomic mass is 32.2. The van der Waals surface area contributed by atoms with E-state index in [1.807, 2.05) is 24.0 Å². The molecule has 6 heterocycles. The first kappa shape index (κ1) is 50.3. The second-order valence-electron chi connectivity index (χ2n) is 22.3. The Balaban J connectivity index is 0.873. The van der Waals surface area contributed by atoms with E-state index in [4.69, 9.17) is 14.5 Å². The average molecular weight is 1030 g/mol. The van der Waals surface area contributed by atoms with Gasteiger partial charge in [-0.2, -0.15) is 0 Å². The number of ether oxygens (including phenoxy) is 2. The fourth-order valence-electron chi connectivity index (χ4n) is 12.8. The van der Waals surface area contributed by atoms with E-state index in [1.54, 1.807) is 12.1 Å². The van der Waals surface area contributed by atoms with Gasteiger partial charge in [0.15, 0.2) is 5.82 Å². The summed E-state index contributed by atoms with van der Waals surface area (Å²) < 4.78 is 58.2. The number of aromatic amines is 1. The first-order chi connectivity index (χ1) is 35.6. The van der Waals surface area contributed by atoms with Gasteiger partial charge in [0.05, 0.1) is 69.6 Å². The van der Waals surface area contributed by atoms with Crippen LogP contribution >= 0.6 is 0 Å². The van der Waals surface area contributed by atoms with Crippen molar-refractivity contribution in [1.82, 2.24) is 19.6 Å². The van der Waals surface area contributed by atoms with Crippen molar-refractivity contribution in [2.75, 3.05) is 85.7 Å². The van der Waals surface area contributed by atoms with E-state index < -0.39 is 42.9 Å². The molecule has 0 bridgehead atoms. The number of benzene rings is 3. The van der Waals surface area contributed by atoms with Gasteiger partial charge < -0.3 is 39.6 Å². The Morgan fingerprint density at radius 2 is 1.73 bits per heavy atom. The second-order valence-corrected chi connectivity index (χ2v) is 24.0. The minimum absolute atomic E-state index is 0.0505. The zero-order valence-corrected chi connectivity index (χ0v) is 43.3. The standard InChI is InChI=1S/C55H68FN9O8S/c1-35(2)41-7-4-5-8-42(41)50-34-73-24-22-62(50)38-28-55(29-38)17-20-61(21-18-55)37-9-11-43(47(25-37)64-32-39-33-72-23-6-19-63(39)52-49(64)27-44-45(56)31-58-51(44)59-52)53(66)60-74(70,71)40-10-12-46(48(26-40)65(68)69)57-30-36-13-15-54(3,67)16-14-36/h4-5,7-12,25-27,31,35-36,38-39,50,57,67H,6,13-24,28-30,32-34H2,1-3H3,(H,58,59)(H,60,66)/t36?,39-,50-,54?/m0/s1. The predicted octanol–water partition coefficient (Wildman–Crippen LogP) is 8.77. The molecule has 6 aliphatic rings. The molecule has 5 fully saturated rings. The van der Waals surface area contributed by atoms with Crippen LogP contribution in [0.3, 0.4) is 0 Å². The number of pyridine rings is 1. The number of carbonyl (C=O) groups is 1. The van der Waals surface area contributed by atoms with Gasteiger partial charge in [0.25, 0.3) is 21.6 Å². The van der Waals surface area contributed by atoms with Crippen LogP contribution in [0.1, 0.15) is 112 Å². The topological polar surface area (TPSA) is 199 Å². The summed E-state index contributed by atoms with van der Waals surface area (Å²) in [7, 11) is -4.66. The highest BCUT2D eigenvalue weighted by molar-refractivity contribution is 7.90. The van der Waals surface area contributed by atoms with E-state index >= 15 is 4.39 Å². The number of nitro benzene ring substituents is 1. The summed E-state index contributed by atoms with van der Waals surface area (Å²) in [5.41, 5.74) is 4.23. The number of halogens is 1. The lowest BCUT2D eigenvalue weighted by Crippen LogP contribution is -2.58. The molecule has 74 heavy (non-hydrogen) atoms. The van der Waals surface area contributed by atoms with Gasteiger partial charge in [0, 0.05) is 69.9 Å². The molecule has 2 atom stereocenters. The molecule has 394 valence electrons. The molecule has 1 spiro atoms. The third-order valence-electron chi connectivity index (χ3n) is 17.1. The Hall–Kier alpha value is -5.86. The van der Waals surface area contributed by atoms with Crippen LogP contribution in [-0.2, 0) is 19.5 Å². The fraction of sp³-hybridized carbons (Fsp3) is 0.527. The number of hydrogen-bond acceptors (Lipinski definition) is 14. The first-order valence-electron chi connectivity index (χ1n) is 26.5. The Morgan fingerprint density at radius 3 is 2.50 bits per heavy atom. The predicted molar refractivity (Wildman–Crippen MR) is 283 cm³/mol. The quantitative estimate of drug-likeness (QED) is 0.0683. The number of amides is 1. The molecule has 19 heteroatoms. The number of fused-ring (bicyclic) bond motifs is 4. The van der Waals surface area contributed by atoms with Crippen LogP contribution in [0.25, 0.3) is 11.0 Å². The van der Waals surface area contributed by atoms with Gasteiger partial charge in [-0.05, 0) is 129 Å². The molecule has 0 unspecified atom stereocenters. The SMILES string of the molecule is CC(C)c1ccccc1[C@@H]1COCCN1C1CC2(CCN(c3ccc(C(=O)NS(=O)(=O)c4ccc(NCC5CCC(C)(O)CC5)c([N+](=O)[O-])c4)c(N4C[C@H]5COCCCN5c5nc6[nH]cc(F)c6cc54)c3)CC2)C1. The van der Waals surface area contributed by atoms with Crippen molar-refractivity contribution in [3.05, 3.63) is 106 Å². The van der Waals surface area contributed by atoms with Gasteiger partial charge >= 0.3 is 0 Å². The van der Waals surface area contributed by atoms with Gasteiger partial charge in [-0.1, -0.05) is 38.1 Å². The van der Waals surface area contributed by atoms with Crippen molar-refractivity contribution in [2.24, 2.45) is 11.3 Å². The molecule has 11 rings (SSSR count). The summed E-state index contributed by atoms with van der Waals surface area (Å²) in [4.78, 5) is 43.1. The smallest absolute Gasteiger partial charge is 0.293 e. The number of nitrogens with one attached hydrogen (secondary N) is 3. The van der Waals surface area contributed by atoms with Crippen molar-refractivity contribution in [2.45, 2.75) is 113 Å². The minimum Gasteiger partial charge on any atom is -0.390 e. The number of anilines is 5. The maximum atomic E-state index is 15.4. The molecular formula is C55H68FN9O8S. The third-order valence-corrected chi connectivity index (χ3v) is 18.4. The maximum absolute atomic E-state index is 15.4. The third kappa shape index (κ3) is 9.81. The summed E-state index contributed by atoms with van der Waals surface area (Å²) >= 11 is 0. The lowest BCUT2D eigenvalue weighted by Gasteiger charge is -2.57. The van der Waals surface area contributed by atoms with Crippen LogP contribution < -0.4 is 24.7 Å². The van der Waals surface area contributed by atoms with E-state index in [0.29, 0.717) is 87.1 Å². The number of rotatable bonds is 12. The van der Waals surface area contributed by atoms with Crippen molar-refractivity contribution >= 4 is 61.2 Å². The van der Waals surface area contributed by atoms with Crippen LogP contribution in [0.4, 0.5) is 38.6 Å². The minimum atomic E-state index is -4.66. The number of aliphatic hydroxyl groups is 1. The van der Waals surface area contributed by atoms with Crippen molar-refractivity contribution in [3.8, 4) is 0 Å². The summed E-state index contributed by atoms with van der Waals surface area (Å²) in [6.07, 6.45) is 9.01. The summed E-state index contributed by atoms with van der Waals surface area (Å²) in [6.45, 7) is 12.6. The molecule has 4 N–H and O–H groups in total. The molecule has 2 saturated carbocycles. The zero-order chi connectivity index (χ0) is 51.5. The van der Waals surface area contributed by atoms with Crippen LogP contribution in [0.15, 0.2) is 77.8 Å². The normalized spacial score (nSPS) is 24.6. The number of nitrogens with zero attached hydrogens (tertiary/aromatic N) is 6. The van der Waals surface area contributed by atoms with Crippen LogP contribution in [0.5, 0.6) is 0 Å². The number of sulfonamides is 1. The molecule has 2 aliphatic carbocycles. The van der Waals surface area contributed by atoms with E-state index in [-0.39, 0.29) is 40.1 Å². The number of H-pyrrole nitrogens is 1. The molecule has 0 radical (unpaired) electrons. The molecule has 5 aromatic rings. The Morgan fingerprint density at radius 1 is 0.959 bits per heavy atom. The van der Waals surface area contributed by atoms with E-state index in [2.05, 4.69) is 67.8 Å². The number of nitro groups is 1. The number of aromatic nitrogens is 2. The maximum Gasteiger partial charge on any atom is 0.293 e. The lowest BCUT2D eigenvalue weighted by atomic mass is 9.59. The molecule has 4 aliphatic heterocycles. The van der Waals surface area contributed by atoms with E-state index in [0.717, 1.165) is 82.9 Å². The van der Waals surface area contributed by atoms with Crippen molar-refractivity contribution in [1.29, 1.82) is 0 Å². The lowest BCUT2D eigenvalue weighted by molar-refractivity contribution is -0.384. The molecular weight excluding hydrogens is 966 g/mol. The highest BCUT2D eigenvalue weighted by Crippen LogP contribution is 2.54. The fourth-order valence-corrected chi connectivity index (χ4v) is 13.8. The molecule has 17 nitrogen and oxygen atoms in total. The average Bonchev–Trinajstić information content (AvgIpc) is 3.57. The monoisotopic (exact) mass is 1030 g/mol. The molecule has 1 amide bonds. The second kappa shape index (κ2) is 20.0. The van der Waals surface area contributed by atoms with Gasteiger partial charge in [-0.3, -0.25) is 19.8 Å². The molecule has 3 saturated heterocycles. The van der Waals surface area contributed by atoms with Gasteiger partial charge in [0.2, 0.25) is 0 Å². The van der Waals surface area contributed by atoms with E-state index in [1.165, 1.54) is 29.5 Å². The van der Waals surface area contributed by atoms with Gasteiger partial charge in [-0.15, -0.1) is 0 Å².